The molecule has 28 heavy (non-hydrogen) atoms. The number of anilines is 1. The highest BCUT2D eigenvalue weighted by Gasteiger charge is 2.18. The lowest BCUT2D eigenvalue weighted by atomic mass is 10.1. The van der Waals surface area contributed by atoms with Gasteiger partial charge in [0.25, 0.3) is 5.22 Å². The minimum absolute atomic E-state index is 0.140. The van der Waals surface area contributed by atoms with E-state index < -0.39 is 0 Å². The molecule has 0 bridgehead atoms. The number of amides is 1. The van der Waals surface area contributed by atoms with Crippen LogP contribution >= 0.6 is 11.8 Å². The van der Waals surface area contributed by atoms with Crippen LogP contribution in [0.1, 0.15) is 0 Å². The second-order valence-electron chi connectivity index (χ2n) is 5.97. The van der Waals surface area contributed by atoms with Gasteiger partial charge in [0.05, 0.1) is 17.6 Å². The van der Waals surface area contributed by atoms with E-state index in [-0.39, 0.29) is 11.7 Å². The summed E-state index contributed by atoms with van der Waals surface area (Å²) in [6, 6.07) is 23.3. The van der Waals surface area contributed by atoms with Gasteiger partial charge in [0.15, 0.2) is 5.76 Å². The van der Waals surface area contributed by atoms with Crippen molar-refractivity contribution in [1.82, 2.24) is 9.97 Å². The van der Waals surface area contributed by atoms with E-state index in [0.717, 1.165) is 16.8 Å². The van der Waals surface area contributed by atoms with Gasteiger partial charge in [-0.1, -0.05) is 72.4 Å². The van der Waals surface area contributed by atoms with Gasteiger partial charge in [-0.05, 0) is 12.1 Å². The predicted molar refractivity (Wildman–Crippen MR) is 111 cm³/mol. The maximum absolute atomic E-state index is 12.2. The number of nitrogens with zero attached hydrogens (tertiary/aromatic N) is 2. The molecule has 0 aliphatic rings. The Bertz CT molecular complexity index is 994. The van der Waals surface area contributed by atoms with Crippen molar-refractivity contribution in [3.05, 3.63) is 85.2 Å². The summed E-state index contributed by atoms with van der Waals surface area (Å²) in [7, 11) is 0. The molecule has 2 heterocycles. The molecule has 0 saturated heterocycles. The summed E-state index contributed by atoms with van der Waals surface area (Å²) in [4.78, 5) is 20.8. The number of carbonyl (C=O) groups excluding carboxylic acids is 1. The lowest BCUT2D eigenvalue weighted by Gasteiger charge is -2.02. The first-order valence-electron chi connectivity index (χ1n) is 8.74. The first-order chi connectivity index (χ1) is 13.8. The van der Waals surface area contributed by atoms with Crippen LogP contribution in [0.3, 0.4) is 0 Å². The van der Waals surface area contributed by atoms with Gasteiger partial charge in [0.2, 0.25) is 5.91 Å². The van der Waals surface area contributed by atoms with E-state index in [4.69, 9.17) is 4.42 Å². The van der Waals surface area contributed by atoms with Gasteiger partial charge in [0.1, 0.15) is 5.69 Å². The number of hydrogen-bond donors (Lipinski definition) is 1. The molecule has 2 aromatic heterocycles. The molecule has 0 radical (unpaired) electrons. The number of nitrogens with one attached hydrogen (secondary N) is 1. The monoisotopic (exact) mass is 387 g/mol. The number of carbonyl (C=O) groups is 1. The Hall–Kier alpha value is -3.38. The number of aromatic nitrogens is 2. The lowest BCUT2D eigenvalue weighted by Crippen LogP contribution is -2.13. The largest absolute Gasteiger partial charge is 0.431 e. The van der Waals surface area contributed by atoms with E-state index >= 15 is 0 Å². The van der Waals surface area contributed by atoms with Gasteiger partial charge < -0.3 is 9.73 Å². The maximum atomic E-state index is 12.2. The second-order valence-corrected chi connectivity index (χ2v) is 6.89. The van der Waals surface area contributed by atoms with Crippen LogP contribution < -0.4 is 5.32 Å². The van der Waals surface area contributed by atoms with Crippen LogP contribution in [0.25, 0.3) is 22.6 Å². The number of rotatable bonds is 6. The van der Waals surface area contributed by atoms with Crippen LogP contribution in [-0.4, -0.2) is 21.6 Å². The highest BCUT2D eigenvalue weighted by atomic mass is 32.2. The van der Waals surface area contributed by atoms with E-state index in [0.29, 0.717) is 16.7 Å². The minimum atomic E-state index is -0.140. The van der Waals surface area contributed by atoms with E-state index in [1.54, 1.807) is 24.5 Å². The number of hydrogen-bond acceptors (Lipinski definition) is 5. The molecular formula is C22H17N3O2S. The normalized spacial score (nSPS) is 10.6. The summed E-state index contributed by atoms with van der Waals surface area (Å²) >= 11 is 1.26. The Morgan fingerprint density at radius 1 is 0.929 bits per heavy atom. The quantitative estimate of drug-likeness (QED) is 0.464. The summed E-state index contributed by atoms with van der Waals surface area (Å²) in [6.07, 6.45) is 3.27. The Balaban J connectivity index is 1.55. The van der Waals surface area contributed by atoms with Crippen molar-refractivity contribution in [3.63, 3.8) is 0 Å². The number of benzene rings is 2. The smallest absolute Gasteiger partial charge is 0.257 e. The predicted octanol–water partition coefficient (Wildman–Crippen LogP) is 5.13. The first kappa shape index (κ1) is 18.0. The van der Waals surface area contributed by atoms with Gasteiger partial charge >= 0.3 is 0 Å². The zero-order chi connectivity index (χ0) is 19.2. The standard InChI is InChI=1S/C22H17N3O2S/c26-19(24-18-12-7-13-23-14-18)15-28-22-25-20(16-8-3-1-4-9-16)21(27-22)17-10-5-2-6-11-17/h1-14H,15H2,(H,24,26). The third-order valence-electron chi connectivity index (χ3n) is 3.96. The first-order valence-corrected chi connectivity index (χ1v) is 9.72. The van der Waals surface area contributed by atoms with Crippen molar-refractivity contribution in [2.75, 3.05) is 11.1 Å². The summed E-state index contributed by atoms with van der Waals surface area (Å²) < 4.78 is 6.02. The molecule has 0 spiro atoms. The molecule has 0 atom stereocenters. The molecule has 1 amide bonds. The molecule has 1 N–H and O–H groups in total. The van der Waals surface area contributed by atoms with Gasteiger partial charge in [0, 0.05) is 17.3 Å². The molecule has 2 aromatic carbocycles. The fourth-order valence-electron chi connectivity index (χ4n) is 2.70. The van der Waals surface area contributed by atoms with Crippen LogP contribution in [0.2, 0.25) is 0 Å². The van der Waals surface area contributed by atoms with Crippen LogP contribution in [0, 0.1) is 0 Å². The Labute approximate surface area is 166 Å². The second kappa shape index (κ2) is 8.54. The molecule has 6 heteroatoms. The molecule has 5 nitrogen and oxygen atoms in total. The molecule has 138 valence electrons. The third-order valence-corrected chi connectivity index (χ3v) is 4.79. The maximum Gasteiger partial charge on any atom is 0.257 e. The van der Waals surface area contributed by atoms with E-state index in [9.17, 15) is 4.79 Å². The van der Waals surface area contributed by atoms with Crippen LogP contribution in [-0.2, 0) is 4.79 Å². The summed E-state index contributed by atoms with van der Waals surface area (Å²) in [5.41, 5.74) is 3.34. The van der Waals surface area contributed by atoms with E-state index in [2.05, 4.69) is 15.3 Å². The SMILES string of the molecule is O=C(CSc1nc(-c2ccccc2)c(-c2ccccc2)o1)Nc1cccnc1. The highest BCUT2D eigenvalue weighted by Crippen LogP contribution is 2.35. The Morgan fingerprint density at radius 2 is 1.64 bits per heavy atom. The van der Waals surface area contributed by atoms with Crippen LogP contribution in [0.15, 0.2) is 94.8 Å². The van der Waals surface area contributed by atoms with Crippen LogP contribution in [0.4, 0.5) is 5.69 Å². The minimum Gasteiger partial charge on any atom is -0.431 e. The Kier molecular flexibility index (Phi) is 5.49. The van der Waals surface area contributed by atoms with Gasteiger partial charge in [-0.15, -0.1) is 0 Å². The molecule has 0 saturated carbocycles. The lowest BCUT2D eigenvalue weighted by molar-refractivity contribution is -0.113. The molecular weight excluding hydrogens is 370 g/mol. The summed E-state index contributed by atoms with van der Waals surface area (Å²) in [6.45, 7) is 0. The van der Waals surface area contributed by atoms with Crippen molar-refractivity contribution < 1.29 is 9.21 Å². The highest BCUT2D eigenvalue weighted by molar-refractivity contribution is 7.99. The van der Waals surface area contributed by atoms with Gasteiger partial charge in [-0.2, -0.15) is 0 Å². The summed E-state index contributed by atoms with van der Waals surface area (Å²) in [5, 5.41) is 3.26. The van der Waals surface area contributed by atoms with Crippen molar-refractivity contribution >= 4 is 23.4 Å². The molecule has 4 rings (SSSR count). The number of oxazole rings is 1. The molecule has 0 fully saturated rings. The molecule has 4 aromatic rings. The van der Waals surface area contributed by atoms with Gasteiger partial charge in [-0.3, -0.25) is 9.78 Å². The van der Waals surface area contributed by atoms with E-state index in [1.165, 1.54) is 11.8 Å². The van der Waals surface area contributed by atoms with E-state index in [1.807, 2.05) is 60.7 Å². The fraction of sp³-hybridized carbons (Fsp3) is 0.0455. The molecule has 0 aliphatic carbocycles. The average Bonchev–Trinajstić information content (AvgIpc) is 3.19. The van der Waals surface area contributed by atoms with Crippen molar-refractivity contribution in [2.45, 2.75) is 5.22 Å². The van der Waals surface area contributed by atoms with Crippen molar-refractivity contribution in [2.24, 2.45) is 0 Å². The number of thioether (sulfide) groups is 1. The third kappa shape index (κ3) is 4.29. The topological polar surface area (TPSA) is 68.0 Å². The Morgan fingerprint density at radius 3 is 2.32 bits per heavy atom. The fourth-order valence-corrected chi connectivity index (χ4v) is 3.32. The van der Waals surface area contributed by atoms with Crippen LogP contribution in [0.5, 0.6) is 0 Å². The zero-order valence-electron chi connectivity index (χ0n) is 14.9. The number of pyridine rings is 1. The molecule has 0 unspecified atom stereocenters. The van der Waals surface area contributed by atoms with Crippen molar-refractivity contribution in [1.29, 1.82) is 0 Å². The van der Waals surface area contributed by atoms with Crippen molar-refractivity contribution in [3.8, 4) is 22.6 Å². The molecule has 0 aliphatic heterocycles. The zero-order valence-corrected chi connectivity index (χ0v) is 15.7. The average molecular weight is 387 g/mol. The summed E-state index contributed by atoms with van der Waals surface area (Å²) in [5.74, 6) is 0.749. The van der Waals surface area contributed by atoms with Gasteiger partial charge in [-0.25, -0.2) is 4.98 Å².